The zero-order valence-corrected chi connectivity index (χ0v) is 17.4. The van der Waals surface area contributed by atoms with Gasteiger partial charge in [-0.15, -0.1) is 0 Å². The molecule has 2 aromatic heterocycles. The first-order valence-electron chi connectivity index (χ1n) is 9.77. The van der Waals surface area contributed by atoms with Crippen LogP contribution in [0.4, 0.5) is 5.69 Å². The summed E-state index contributed by atoms with van der Waals surface area (Å²) in [6, 6.07) is 5.48. The van der Waals surface area contributed by atoms with E-state index in [4.69, 9.17) is 0 Å². The van der Waals surface area contributed by atoms with Crippen molar-refractivity contribution in [2.45, 2.75) is 30.7 Å². The molecular weight excluding hydrogens is 390 g/mol. The molecule has 3 aromatic rings. The smallest absolute Gasteiger partial charge is 0.276 e. The number of imidazole rings is 1. The first-order valence-corrected chi connectivity index (χ1v) is 11.4. The van der Waals surface area contributed by atoms with Crippen molar-refractivity contribution in [1.82, 2.24) is 19.3 Å². The van der Waals surface area contributed by atoms with Gasteiger partial charge in [-0.1, -0.05) is 6.92 Å². The van der Waals surface area contributed by atoms with Crippen LogP contribution in [-0.4, -0.2) is 47.3 Å². The minimum atomic E-state index is -3.37. The number of piperidine rings is 1. The molecule has 4 rings (SSSR count). The van der Waals surface area contributed by atoms with Gasteiger partial charge in [-0.2, -0.15) is 0 Å². The molecule has 0 aliphatic carbocycles. The number of hydrogen-bond donors (Lipinski definition) is 2. The SMILES string of the molecule is CCS(=O)(=O)c1ccc(NC2CCNCC2)c(-c2cn(C)c(=O)c3cncn23)c1. The lowest BCUT2D eigenvalue weighted by Gasteiger charge is -2.26. The summed E-state index contributed by atoms with van der Waals surface area (Å²) in [6.07, 6.45) is 6.81. The largest absolute Gasteiger partial charge is 0.382 e. The second kappa shape index (κ2) is 7.64. The molecule has 0 amide bonds. The number of nitrogens with one attached hydrogen (secondary N) is 2. The highest BCUT2D eigenvalue weighted by molar-refractivity contribution is 7.91. The van der Waals surface area contributed by atoms with Gasteiger partial charge >= 0.3 is 0 Å². The molecule has 2 N–H and O–H groups in total. The third-order valence-corrected chi connectivity index (χ3v) is 7.19. The molecule has 0 atom stereocenters. The molecular formula is C20H25N5O3S. The van der Waals surface area contributed by atoms with Gasteiger partial charge in [-0.3, -0.25) is 9.20 Å². The molecule has 0 radical (unpaired) electrons. The van der Waals surface area contributed by atoms with Gasteiger partial charge in [0.25, 0.3) is 5.56 Å². The highest BCUT2D eigenvalue weighted by atomic mass is 32.2. The van der Waals surface area contributed by atoms with E-state index in [-0.39, 0.29) is 16.2 Å². The highest BCUT2D eigenvalue weighted by Gasteiger charge is 2.20. The molecule has 1 aromatic carbocycles. The second-order valence-corrected chi connectivity index (χ2v) is 9.64. The predicted octanol–water partition coefficient (Wildman–Crippen LogP) is 1.66. The number of aromatic nitrogens is 3. The Morgan fingerprint density at radius 2 is 2.03 bits per heavy atom. The van der Waals surface area contributed by atoms with E-state index in [9.17, 15) is 13.2 Å². The van der Waals surface area contributed by atoms with E-state index in [2.05, 4.69) is 15.6 Å². The Morgan fingerprint density at radius 3 is 2.76 bits per heavy atom. The molecule has 1 saturated heterocycles. The quantitative estimate of drug-likeness (QED) is 0.658. The number of sulfone groups is 1. The van der Waals surface area contributed by atoms with Gasteiger partial charge in [0.05, 0.1) is 28.9 Å². The van der Waals surface area contributed by atoms with Crippen molar-refractivity contribution in [3.63, 3.8) is 0 Å². The summed E-state index contributed by atoms with van der Waals surface area (Å²) < 4.78 is 28.3. The Balaban J connectivity index is 1.92. The number of anilines is 1. The zero-order chi connectivity index (χ0) is 20.6. The van der Waals surface area contributed by atoms with Crippen LogP contribution in [0.1, 0.15) is 19.8 Å². The molecule has 0 spiro atoms. The van der Waals surface area contributed by atoms with E-state index >= 15 is 0 Å². The van der Waals surface area contributed by atoms with Crippen LogP contribution in [0.25, 0.3) is 16.8 Å². The molecule has 3 heterocycles. The minimum Gasteiger partial charge on any atom is -0.382 e. The lowest BCUT2D eigenvalue weighted by molar-refractivity contribution is 0.479. The number of aryl methyl sites for hydroxylation is 1. The van der Waals surface area contributed by atoms with Crippen molar-refractivity contribution in [1.29, 1.82) is 0 Å². The maximum atomic E-state index is 12.5. The first-order chi connectivity index (χ1) is 13.9. The lowest BCUT2D eigenvalue weighted by atomic mass is 10.0. The van der Waals surface area contributed by atoms with Crippen LogP contribution in [0.5, 0.6) is 0 Å². The molecule has 29 heavy (non-hydrogen) atoms. The summed E-state index contributed by atoms with van der Waals surface area (Å²) in [6.45, 7) is 3.53. The Kier molecular flexibility index (Phi) is 5.18. The normalized spacial score (nSPS) is 15.7. The number of hydrogen-bond acceptors (Lipinski definition) is 6. The van der Waals surface area contributed by atoms with Crippen molar-refractivity contribution in [3.8, 4) is 11.3 Å². The monoisotopic (exact) mass is 415 g/mol. The summed E-state index contributed by atoms with van der Waals surface area (Å²) in [5, 5.41) is 6.93. The third kappa shape index (κ3) is 3.67. The molecule has 0 saturated carbocycles. The summed E-state index contributed by atoms with van der Waals surface area (Å²) in [4.78, 5) is 16.8. The maximum absolute atomic E-state index is 12.5. The van der Waals surface area contributed by atoms with Crippen LogP contribution in [0, 0.1) is 0 Å². The van der Waals surface area contributed by atoms with Crippen LogP contribution < -0.4 is 16.2 Å². The van der Waals surface area contributed by atoms with Gasteiger partial charge in [-0.25, -0.2) is 13.4 Å². The maximum Gasteiger partial charge on any atom is 0.276 e. The number of benzene rings is 1. The Hall–Kier alpha value is -2.65. The molecule has 0 bridgehead atoms. The molecule has 1 fully saturated rings. The van der Waals surface area contributed by atoms with E-state index in [0.29, 0.717) is 17.3 Å². The van der Waals surface area contributed by atoms with Crippen molar-refractivity contribution in [3.05, 3.63) is 47.3 Å². The van der Waals surface area contributed by atoms with Gasteiger partial charge in [0, 0.05) is 30.5 Å². The fourth-order valence-electron chi connectivity index (χ4n) is 3.74. The standard InChI is InChI=1S/C20H25N5O3S/c1-3-29(27,28)15-4-5-17(23-14-6-8-21-9-7-14)16(10-15)19-12-24(2)20(26)18-11-22-13-25(18)19/h4-5,10-14,21,23H,3,6-9H2,1-2H3. The fourth-order valence-corrected chi connectivity index (χ4v) is 4.64. The molecule has 0 unspecified atom stereocenters. The van der Waals surface area contributed by atoms with E-state index in [1.165, 1.54) is 10.8 Å². The van der Waals surface area contributed by atoms with Gasteiger partial charge in [-0.05, 0) is 44.1 Å². The van der Waals surface area contributed by atoms with Crippen LogP contribution in [0.15, 0.2) is 46.6 Å². The molecule has 1 aliphatic rings. The Labute approximate surface area is 169 Å². The van der Waals surface area contributed by atoms with Gasteiger partial charge in [0.1, 0.15) is 5.52 Å². The lowest BCUT2D eigenvalue weighted by Crippen LogP contribution is -2.35. The van der Waals surface area contributed by atoms with E-state index < -0.39 is 9.84 Å². The van der Waals surface area contributed by atoms with Crippen molar-refractivity contribution >= 4 is 21.0 Å². The van der Waals surface area contributed by atoms with Crippen LogP contribution in [0.2, 0.25) is 0 Å². The number of nitrogens with zero attached hydrogens (tertiary/aromatic N) is 3. The van der Waals surface area contributed by atoms with Crippen LogP contribution in [-0.2, 0) is 16.9 Å². The number of fused-ring (bicyclic) bond motifs is 1. The van der Waals surface area contributed by atoms with E-state index in [1.54, 1.807) is 43.0 Å². The summed E-state index contributed by atoms with van der Waals surface area (Å²) in [5.74, 6) is 0.0290. The average Bonchev–Trinajstić information content (AvgIpc) is 3.22. The van der Waals surface area contributed by atoms with Gasteiger partial charge < -0.3 is 15.2 Å². The summed E-state index contributed by atoms with van der Waals surface area (Å²) in [5.41, 5.74) is 2.58. The van der Waals surface area contributed by atoms with E-state index in [0.717, 1.165) is 37.2 Å². The molecule has 9 heteroatoms. The zero-order valence-electron chi connectivity index (χ0n) is 16.6. The Morgan fingerprint density at radius 1 is 1.28 bits per heavy atom. The summed E-state index contributed by atoms with van der Waals surface area (Å²) >= 11 is 0. The summed E-state index contributed by atoms with van der Waals surface area (Å²) in [7, 11) is -1.68. The minimum absolute atomic E-state index is 0.0290. The molecule has 1 aliphatic heterocycles. The third-order valence-electron chi connectivity index (χ3n) is 5.46. The Bertz CT molecular complexity index is 1210. The molecule has 8 nitrogen and oxygen atoms in total. The van der Waals surface area contributed by atoms with Crippen molar-refractivity contribution in [2.75, 3.05) is 24.2 Å². The fraction of sp³-hybridized carbons (Fsp3) is 0.400. The van der Waals surface area contributed by atoms with E-state index in [1.807, 2.05) is 6.07 Å². The van der Waals surface area contributed by atoms with Crippen molar-refractivity contribution in [2.24, 2.45) is 7.05 Å². The van der Waals surface area contributed by atoms with Crippen molar-refractivity contribution < 1.29 is 8.42 Å². The second-order valence-electron chi connectivity index (χ2n) is 7.36. The number of rotatable bonds is 5. The van der Waals surface area contributed by atoms with Crippen LogP contribution >= 0.6 is 0 Å². The topological polar surface area (TPSA) is 97.5 Å². The molecule has 154 valence electrons. The predicted molar refractivity (Wildman–Crippen MR) is 113 cm³/mol. The highest BCUT2D eigenvalue weighted by Crippen LogP contribution is 2.32. The van der Waals surface area contributed by atoms with Crippen LogP contribution in [0.3, 0.4) is 0 Å². The van der Waals surface area contributed by atoms with Gasteiger partial charge in [0.15, 0.2) is 9.84 Å². The van der Waals surface area contributed by atoms with Gasteiger partial charge in [0.2, 0.25) is 0 Å². The first kappa shape index (κ1) is 19.7. The average molecular weight is 416 g/mol.